The lowest BCUT2D eigenvalue weighted by atomic mass is 9.36. The van der Waals surface area contributed by atoms with Gasteiger partial charge < -0.3 is 15.3 Å². The molecule has 1 amide bonds. The van der Waals surface area contributed by atoms with Crippen molar-refractivity contribution in [3.63, 3.8) is 0 Å². The summed E-state index contributed by atoms with van der Waals surface area (Å²) in [5.41, 5.74) is 3.63. The highest BCUT2D eigenvalue weighted by Gasteiger charge is 2.66. The molecule has 234 valence electrons. The van der Waals surface area contributed by atoms with E-state index in [0.29, 0.717) is 40.9 Å². The van der Waals surface area contributed by atoms with Crippen molar-refractivity contribution in [3.8, 4) is 0 Å². The lowest BCUT2D eigenvalue weighted by molar-refractivity contribution is -0.183. The second-order valence-electron chi connectivity index (χ2n) is 16.8. The van der Waals surface area contributed by atoms with E-state index in [1.807, 2.05) is 0 Å². The molecule has 5 nitrogen and oxygen atoms in total. The van der Waals surface area contributed by atoms with Gasteiger partial charge in [-0.2, -0.15) is 0 Å². The SMILES string of the molecule is CN(C)CCNC(=O)[C@]12CCC[C@@H]1[C@H]1CCC3[C@@](C)(CCC4C(C)(C)C(C5=CCC(C(=O)O)CC5)=CC[C@@]43C)C1CC2. The predicted octanol–water partition coefficient (Wildman–Crippen LogP) is 7.48. The zero-order chi connectivity index (χ0) is 30.1. The maximum atomic E-state index is 13.8. The molecular weight excluding hydrogens is 520 g/mol. The van der Waals surface area contributed by atoms with Gasteiger partial charge >= 0.3 is 5.97 Å². The molecule has 4 fully saturated rings. The van der Waals surface area contributed by atoms with Crippen molar-refractivity contribution in [2.24, 2.45) is 57.2 Å². The Morgan fingerprint density at radius 2 is 1.69 bits per heavy atom. The van der Waals surface area contributed by atoms with Crippen LogP contribution < -0.4 is 5.32 Å². The number of likely N-dealkylation sites (N-methyl/N-ethyl adjacent to an activating group) is 1. The minimum Gasteiger partial charge on any atom is -0.481 e. The molecule has 6 aliphatic carbocycles. The molecule has 4 unspecified atom stereocenters. The fraction of sp³-hybridized carbons (Fsp3) is 0.838. The summed E-state index contributed by atoms with van der Waals surface area (Å²) in [6.45, 7) is 12.0. The first-order valence-corrected chi connectivity index (χ1v) is 17.4. The fourth-order valence-electron chi connectivity index (χ4n) is 12.6. The van der Waals surface area contributed by atoms with E-state index in [2.05, 4.69) is 64.2 Å². The van der Waals surface area contributed by atoms with Gasteiger partial charge in [0, 0.05) is 13.1 Å². The second-order valence-corrected chi connectivity index (χ2v) is 16.8. The molecule has 6 aliphatic rings. The van der Waals surface area contributed by atoms with Crippen LogP contribution in [-0.2, 0) is 9.59 Å². The van der Waals surface area contributed by atoms with Crippen LogP contribution in [0.3, 0.4) is 0 Å². The highest BCUT2D eigenvalue weighted by atomic mass is 16.4. The molecule has 6 rings (SSSR count). The summed E-state index contributed by atoms with van der Waals surface area (Å²) in [5.74, 6) is 2.94. The number of carbonyl (C=O) groups is 2. The van der Waals surface area contributed by atoms with Gasteiger partial charge in [-0.15, -0.1) is 0 Å². The molecule has 0 radical (unpaired) electrons. The number of fused-ring (bicyclic) bond motifs is 7. The van der Waals surface area contributed by atoms with Crippen LogP contribution >= 0.6 is 0 Å². The summed E-state index contributed by atoms with van der Waals surface area (Å²) < 4.78 is 0. The number of carbonyl (C=O) groups excluding carboxylic acids is 1. The van der Waals surface area contributed by atoms with Crippen LogP contribution in [0.2, 0.25) is 0 Å². The Labute approximate surface area is 255 Å². The van der Waals surface area contributed by atoms with Gasteiger partial charge in [-0.05, 0) is 148 Å². The smallest absolute Gasteiger partial charge is 0.306 e. The van der Waals surface area contributed by atoms with E-state index in [4.69, 9.17) is 0 Å². The lowest BCUT2D eigenvalue weighted by Gasteiger charge is -2.68. The maximum Gasteiger partial charge on any atom is 0.306 e. The topological polar surface area (TPSA) is 69.6 Å². The summed E-state index contributed by atoms with van der Waals surface area (Å²) in [7, 11) is 4.16. The number of nitrogens with zero attached hydrogens (tertiary/aromatic N) is 1. The van der Waals surface area contributed by atoms with Gasteiger partial charge in [0.15, 0.2) is 0 Å². The van der Waals surface area contributed by atoms with E-state index in [9.17, 15) is 14.7 Å². The predicted molar refractivity (Wildman–Crippen MR) is 169 cm³/mol. The number of carboxylic acids is 1. The third-order valence-corrected chi connectivity index (χ3v) is 14.5. The number of amides is 1. The van der Waals surface area contributed by atoms with Gasteiger partial charge in [0.05, 0.1) is 11.3 Å². The van der Waals surface area contributed by atoms with Crippen molar-refractivity contribution in [2.75, 3.05) is 27.2 Å². The normalized spacial score (nSPS) is 44.2. The highest BCUT2D eigenvalue weighted by Crippen LogP contribution is 2.73. The number of hydrogen-bond donors (Lipinski definition) is 2. The van der Waals surface area contributed by atoms with E-state index in [0.717, 1.165) is 57.0 Å². The standard InChI is InChI=1S/C37H58N2O3/c1-34(2)27(24-9-11-25(12-10-24)32(40)41)15-19-36(4)30(34)17-20-35(3)28-16-21-37(33(42)38-22-23-39(5)6)18-7-8-29(37)26(28)13-14-31(35)36/h9,15,25-26,28-31H,7-8,10-14,16-23H2,1-6H3,(H,38,42)(H,40,41)/t25?,26-,28?,29+,30?,31?,35-,36-,37-/m0/s1. The molecule has 0 heterocycles. The number of nitrogens with one attached hydrogen (secondary N) is 1. The Balaban J connectivity index is 1.23. The maximum absolute atomic E-state index is 13.8. The summed E-state index contributed by atoms with van der Waals surface area (Å²) in [6, 6.07) is 0. The van der Waals surface area contributed by atoms with E-state index < -0.39 is 5.97 Å². The molecule has 9 atom stereocenters. The van der Waals surface area contributed by atoms with Gasteiger partial charge in [0.25, 0.3) is 0 Å². The van der Waals surface area contributed by atoms with E-state index in [1.165, 1.54) is 56.1 Å². The average Bonchev–Trinajstić information content (AvgIpc) is 3.38. The van der Waals surface area contributed by atoms with E-state index >= 15 is 0 Å². The van der Waals surface area contributed by atoms with Gasteiger partial charge in [-0.25, -0.2) is 0 Å². The van der Waals surface area contributed by atoms with Crippen molar-refractivity contribution >= 4 is 11.9 Å². The van der Waals surface area contributed by atoms with Crippen molar-refractivity contribution in [3.05, 3.63) is 23.3 Å². The van der Waals surface area contributed by atoms with Crippen LogP contribution in [-0.4, -0.2) is 49.1 Å². The highest BCUT2D eigenvalue weighted by molar-refractivity contribution is 5.83. The third-order valence-electron chi connectivity index (χ3n) is 14.5. The Morgan fingerprint density at radius 3 is 2.38 bits per heavy atom. The van der Waals surface area contributed by atoms with Crippen LogP contribution in [0.4, 0.5) is 0 Å². The molecule has 0 aliphatic heterocycles. The summed E-state index contributed by atoms with van der Waals surface area (Å²) in [4.78, 5) is 27.5. The molecule has 0 aromatic heterocycles. The Morgan fingerprint density at radius 1 is 0.905 bits per heavy atom. The zero-order valence-corrected chi connectivity index (χ0v) is 27.4. The van der Waals surface area contributed by atoms with Crippen LogP contribution in [0.5, 0.6) is 0 Å². The molecule has 0 bridgehead atoms. The third kappa shape index (κ3) is 4.57. The van der Waals surface area contributed by atoms with Crippen LogP contribution in [0.1, 0.15) is 111 Å². The van der Waals surface area contributed by atoms with Crippen molar-refractivity contribution in [2.45, 2.75) is 111 Å². The fourth-order valence-corrected chi connectivity index (χ4v) is 12.6. The summed E-state index contributed by atoms with van der Waals surface area (Å²) in [6.07, 6.45) is 19.5. The Hall–Kier alpha value is -1.62. The molecule has 0 aromatic rings. The van der Waals surface area contributed by atoms with Crippen LogP contribution in [0, 0.1) is 57.2 Å². The minimum atomic E-state index is -0.639. The monoisotopic (exact) mass is 578 g/mol. The van der Waals surface area contributed by atoms with Crippen molar-refractivity contribution in [1.29, 1.82) is 0 Å². The molecular formula is C37H58N2O3. The minimum absolute atomic E-state index is 0.115. The van der Waals surface area contributed by atoms with Crippen LogP contribution in [0.25, 0.3) is 0 Å². The Kier molecular flexibility index (Phi) is 7.80. The van der Waals surface area contributed by atoms with Gasteiger partial charge in [-0.1, -0.05) is 46.3 Å². The second kappa shape index (κ2) is 10.8. The zero-order valence-electron chi connectivity index (χ0n) is 27.4. The molecule has 4 saturated carbocycles. The molecule has 0 spiro atoms. The summed E-state index contributed by atoms with van der Waals surface area (Å²) >= 11 is 0. The average molecular weight is 579 g/mol. The molecule has 5 heteroatoms. The van der Waals surface area contributed by atoms with E-state index in [-0.39, 0.29) is 16.7 Å². The number of allylic oxidation sites excluding steroid dienone is 4. The summed E-state index contributed by atoms with van der Waals surface area (Å²) in [5, 5.41) is 12.9. The molecule has 0 saturated heterocycles. The number of carboxylic acid groups (broad SMARTS) is 1. The van der Waals surface area contributed by atoms with Crippen molar-refractivity contribution in [1.82, 2.24) is 10.2 Å². The van der Waals surface area contributed by atoms with Gasteiger partial charge in [-0.3, -0.25) is 9.59 Å². The Bertz CT molecular complexity index is 1150. The molecule has 0 aromatic carbocycles. The van der Waals surface area contributed by atoms with Crippen LogP contribution in [0.15, 0.2) is 23.3 Å². The molecule has 42 heavy (non-hydrogen) atoms. The first-order valence-electron chi connectivity index (χ1n) is 17.4. The largest absolute Gasteiger partial charge is 0.481 e. The quantitative estimate of drug-likeness (QED) is 0.343. The van der Waals surface area contributed by atoms with E-state index in [1.54, 1.807) is 0 Å². The number of aliphatic carboxylic acids is 1. The molecule has 2 N–H and O–H groups in total. The van der Waals surface area contributed by atoms with Gasteiger partial charge in [0.2, 0.25) is 5.91 Å². The van der Waals surface area contributed by atoms with Crippen molar-refractivity contribution < 1.29 is 14.7 Å². The lowest BCUT2D eigenvalue weighted by Crippen LogP contribution is -2.62. The first kappa shape index (κ1) is 30.4. The number of hydrogen-bond acceptors (Lipinski definition) is 3. The number of rotatable bonds is 6. The van der Waals surface area contributed by atoms with Gasteiger partial charge in [0.1, 0.15) is 0 Å². The first-order chi connectivity index (χ1) is 19.8.